The summed E-state index contributed by atoms with van der Waals surface area (Å²) in [5.74, 6) is 1.82. The van der Waals surface area contributed by atoms with Gasteiger partial charge in [-0.3, -0.25) is 4.79 Å². The highest BCUT2D eigenvalue weighted by Gasteiger charge is 2.23. The van der Waals surface area contributed by atoms with Gasteiger partial charge in [-0.25, -0.2) is 0 Å². The van der Waals surface area contributed by atoms with Crippen LogP contribution in [0.25, 0.3) is 0 Å². The summed E-state index contributed by atoms with van der Waals surface area (Å²) in [6.07, 6.45) is -0.868. The minimum atomic E-state index is -0.633. The van der Waals surface area contributed by atoms with Crippen molar-refractivity contribution in [1.29, 1.82) is 0 Å². The van der Waals surface area contributed by atoms with Crippen LogP contribution in [0.5, 0.6) is 17.2 Å². The van der Waals surface area contributed by atoms with E-state index in [1.54, 1.807) is 6.92 Å². The lowest BCUT2D eigenvalue weighted by molar-refractivity contribution is -0.127. The van der Waals surface area contributed by atoms with Gasteiger partial charge in [0.2, 0.25) is 0 Å². The molecule has 0 radical (unpaired) electrons. The second-order valence-electron chi connectivity index (χ2n) is 6.37. The fraction of sp³-hybridized carbons (Fsp3) is 0.350. The van der Waals surface area contributed by atoms with E-state index >= 15 is 0 Å². The van der Waals surface area contributed by atoms with E-state index in [2.05, 4.69) is 5.32 Å². The molecule has 0 unspecified atom stereocenters. The molecule has 1 aliphatic heterocycles. The first-order valence-electron chi connectivity index (χ1n) is 8.53. The lowest BCUT2D eigenvalue weighted by atomic mass is 10.1. The summed E-state index contributed by atoms with van der Waals surface area (Å²) < 4.78 is 17.2. The van der Waals surface area contributed by atoms with Crippen molar-refractivity contribution >= 4 is 17.5 Å². The van der Waals surface area contributed by atoms with Crippen molar-refractivity contribution in [3.8, 4) is 17.2 Å². The largest absolute Gasteiger partial charge is 0.486 e. The molecule has 5 nitrogen and oxygen atoms in total. The molecule has 0 saturated heterocycles. The molecule has 6 heteroatoms. The first-order chi connectivity index (χ1) is 12.4. The van der Waals surface area contributed by atoms with Crippen molar-refractivity contribution in [3.63, 3.8) is 0 Å². The third kappa shape index (κ3) is 4.22. The molecule has 1 heterocycles. The summed E-state index contributed by atoms with van der Waals surface area (Å²) in [5.41, 5.74) is 1.83. The molecular formula is C20H22ClNO4. The number of amides is 1. The van der Waals surface area contributed by atoms with E-state index in [9.17, 15) is 4.79 Å². The molecule has 3 rings (SSSR count). The Labute approximate surface area is 158 Å². The van der Waals surface area contributed by atoms with Gasteiger partial charge in [0.1, 0.15) is 18.5 Å². The van der Waals surface area contributed by atoms with Gasteiger partial charge in [0, 0.05) is 5.02 Å². The van der Waals surface area contributed by atoms with Gasteiger partial charge in [-0.05, 0) is 56.2 Å². The Balaban J connectivity index is 1.52. The number of fused-ring (bicyclic) bond motifs is 1. The van der Waals surface area contributed by atoms with Crippen molar-refractivity contribution in [3.05, 3.63) is 52.5 Å². The van der Waals surface area contributed by atoms with E-state index in [0.717, 1.165) is 16.9 Å². The predicted molar refractivity (Wildman–Crippen MR) is 100 cm³/mol. The number of ether oxygens (including phenoxy) is 3. The number of rotatable bonds is 5. The van der Waals surface area contributed by atoms with Crippen molar-refractivity contribution in [2.24, 2.45) is 0 Å². The molecule has 1 aliphatic rings. The average molecular weight is 376 g/mol. The van der Waals surface area contributed by atoms with E-state index in [0.29, 0.717) is 29.7 Å². The Bertz CT molecular complexity index is 785. The van der Waals surface area contributed by atoms with Crippen LogP contribution < -0.4 is 19.5 Å². The summed E-state index contributed by atoms with van der Waals surface area (Å²) in [6.45, 7) is 6.26. The first kappa shape index (κ1) is 18.4. The molecule has 1 N–H and O–H groups in total. The van der Waals surface area contributed by atoms with Crippen LogP contribution in [0.3, 0.4) is 0 Å². The third-order valence-electron chi connectivity index (χ3n) is 4.16. The molecule has 0 fully saturated rings. The lowest BCUT2D eigenvalue weighted by Gasteiger charge is -2.27. The predicted octanol–water partition coefficient (Wildman–Crippen LogP) is 3.68. The maximum Gasteiger partial charge on any atom is 0.260 e. The van der Waals surface area contributed by atoms with E-state index in [1.807, 2.05) is 50.2 Å². The van der Waals surface area contributed by atoms with Gasteiger partial charge in [0.25, 0.3) is 5.91 Å². The number of nitrogens with one attached hydrogen (secondary N) is 1. The maximum absolute atomic E-state index is 12.3. The quantitative estimate of drug-likeness (QED) is 0.866. The van der Waals surface area contributed by atoms with E-state index in [1.165, 1.54) is 0 Å². The van der Waals surface area contributed by atoms with Gasteiger partial charge < -0.3 is 19.5 Å². The van der Waals surface area contributed by atoms with Crippen molar-refractivity contribution in [2.45, 2.75) is 33.0 Å². The molecule has 26 heavy (non-hydrogen) atoms. The highest BCUT2D eigenvalue weighted by Crippen LogP contribution is 2.30. The molecule has 2 aromatic rings. The molecule has 0 aliphatic carbocycles. The fourth-order valence-electron chi connectivity index (χ4n) is 2.75. The number of benzene rings is 2. The number of halogens is 1. The maximum atomic E-state index is 12.3. The topological polar surface area (TPSA) is 56.8 Å². The zero-order valence-corrected chi connectivity index (χ0v) is 15.8. The molecule has 138 valence electrons. The van der Waals surface area contributed by atoms with Crippen molar-refractivity contribution < 1.29 is 19.0 Å². The summed E-state index contributed by atoms with van der Waals surface area (Å²) in [4.78, 5) is 12.3. The molecule has 0 spiro atoms. The summed E-state index contributed by atoms with van der Waals surface area (Å²) in [6, 6.07) is 11.1. The third-order valence-corrected chi connectivity index (χ3v) is 4.76. The second-order valence-corrected chi connectivity index (χ2v) is 6.75. The number of para-hydroxylation sites is 2. The van der Waals surface area contributed by atoms with E-state index < -0.39 is 6.10 Å². The normalized spacial score (nSPS) is 16.7. The van der Waals surface area contributed by atoms with E-state index in [4.69, 9.17) is 25.8 Å². The number of carbonyl (C=O) groups excluding carboxylic acids is 1. The minimum absolute atomic E-state index is 0.210. The monoisotopic (exact) mass is 375 g/mol. The smallest absolute Gasteiger partial charge is 0.260 e. The molecule has 2 atom stereocenters. The van der Waals surface area contributed by atoms with Gasteiger partial charge in [-0.1, -0.05) is 23.7 Å². The zero-order chi connectivity index (χ0) is 18.7. The number of carbonyl (C=O) groups is 1. The van der Waals surface area contributed by atoms with Crippen LogP contribution in [-0.4, -0.2) is 31.3 Å². The number of hydrogen-bond acceptors (Lipinski definition) is 4. The molecule has 2 aromatic carbocycles. The fourth-order valence-corrected chi connectivity index (χ4v) is 2.86. The van der Waals surface area contributed by atoms with Crippen molar-refractivity contribution in [2.75, 3.05) is 13.2 Å². The van der Waals surface area contributed by atoms with Gasteiger partial charge in [0.15, 0.2) is 17.6 Å². The summed E-state index contributed by atoms with van der Waals surface area (Å²) in [7, 11) is 0. The van der Waals surface area contributed by atoms with Gasteiger partial charge in [-0.2, -0.15) is 0 Å². The van der Waals surface area contributed by atoms with Crippen LogP contribution in [-0.2, 0) is 4.79 Å². The lowest BCUT2D eigenvalue weighted by Crippen LogP contribution is -2.44. The van der Waals surface area contributed by atoms with Gasteiger partial charge >= 0.3 is 0 Å². The highest BCUT2D eigenvalue weighted by molar-refractivity contribution is 6.32. The molecule has 0 bridgehead atoms. The second kappa shape index (κ2) is 7.87. The Hall–Kier alpha value is -2.40. The molecule has 1 amide bonds. The van der Waals surface area contributed by atoms with Crippen LogP contribution in [0.15, 0.2) is 36.4 Å². The zero-order valence-electron chi connectivity index (χ0n) is 15.0. The van der Waals surface area contributed by atoms with Gasteiger partial charge in [-0.15, -0.1) is 0 Å². The Morgan fingerprint density at radius 3 is 2.62 bits per heavy atom. The highest BCUT2D eigenvalue weighted by atomic mass is 35.5. The molecular weight excluding hydrogens is 354 g/mol. The van der Waals surface area contributed by atoms with Crippen molar-refractivity contribution in [1.82, 2.24) is 5.32 Å². The minimum Gasteiger partial charge on any atom is -0.486 e. The number of hydrogen-bond donors (Lipinski definition) is 1. The van der Waals surface area contributed by atoms with Crippen LogP contribution in [0.2, 0.25) is 5.02 Å². The van der Waals surface area contributed by atoms with Gasteiger partial charge in [0.05, 0.1) is 6.54 Å². The number of aryl methyl sites for hydroxylation is 2. The first-order valence-corrected chi connectivity index (χ1v) is 8.91. The summed E-state index contributed by atoms with van der Waals surface area (Å²) >= 11 is 6.16. The Morgan fingerprint density at radius 1 is 1.27 bits per heavy atom. The molecule has 0 aromatic heterocycles. The van der Waals surface area contributed by atoms with Crippen LogP contribution in [0, 0.1) is 13.8 Å². The SMILES string of the molecule is Cc1cc(O[C@@H](C)C(=O)NC[C@H]2COc3ccccc3O2)cc(C)c1Cl. The van der Waals surface area contributed by atoms with E-state index in [-0.39, 0.29) is 12.0 Å². The van der Waals surface area contributed by atoms with Crippen LogP contribution in [0.1, 0.15) is 18.1 Å². The van der Waals surface area contributed by atoms with Crippen LogP contribution in [0.4, 0.5) is 0 Å². The average Bonchev–Trinajstić information content (AvgIpc) is 2.63. The van der Waals surface area contributed by atoms with Crippen LogP contribution >= 0.6 is 11.6 Å². The molecule has 0 saturated carbocycles. The Kier molecular flexibility index (Phi) is 5.57. The standard InChI is InChI=1S/C20H22ClNO4/c1-12-8-15(9-13(2)19(12)21)25-14(3)20(23)22-10-16-11-24-17-6-4-5-7-18(17)26-16/h4-9,14,16H,10-11H2,1-3H3,(H,22,23)/t14-,16-/m0/s1. The summed E-state index contributed by atoms with van der Waals surface area (Å²) in [5, 5.41) is 3.56. The Morgan fingerprint density at radius 2 is 1.92 bits per heavy atom.